The molecule has 0 aliphatic carbocycles. The molecule has 0 unspecified atom stereocenters. The standard InChI is InChI=1S/C15H12BrN3O3/c16-13-4-2-1-3-12(13)9-17-18-14(20)10-5-7-11(8-6-10)15(21)19-22/h1-9,22H,(H,18,20)(H,19,21)/b17-9+. The molecular weight excluding hydrogens is 350 g/mol. The number of nitrogens with zero attached hydrogens (tertiary/aromatic N) is 1. The molecule has 112 valence electrons. The largest absolute Gasteiger partial charge is 0.288 e. The van der Waals surface area contributed by atoms with Crippen LogP contribution in [0, 0.1) is 0 Å². The fourth-order valence-corrected chi connectivity index (χ4v) is 2.03. The van der Waals surface area contributed by atoms with E-state index in [9.17, 15) is 9.59 Å². The van der Waals surface area contributed by atoms with Crippen LogP contribution < -0.4 is 10.9 Å². The first-order valence-corrected chi connectivity index (χ1v) is 7.03. The van der Waals surface area contributed by atoms with Crippen LogP contribution in [0.25, 0.3) is 0 Å². The molecule has 0 fully saturated rings. The second-order valence-electron chi connectivity index (χ2n) is 4.24. The molecule has 22 heavy (non-hydrogen) atoms. The van der Waals surface area contributed by atoms with Gasteiger partial charge in [0.2, 0.25) is 0 Å². The number of hydrazone groups is 1. The Bertz CT molecular complexity index is 714. The zero-order chi connectivity index (χ0) is 15.9. The van der Waals surface area contributed by atoms with E-state index in [-0.39, 0.29) is 5.56 Å². The fourth-order valence-electron chi connectivity index (χ4n) is 1.64. The first-order chi connectivity index (χ1) is 10.6. The van der Waals surface area contributed by atoms with Gasteiger partial charge < -0.3 is 0 Å². The van der Waals surface area contributed by atoms with Gasteiger partial charge in [-0.1, -0.05) is 34.1 Å². The molecule has 0 aliphatic heterocycles. The van der Waals surface area contributed by atoms with Crippen molar-refractivity contribution in [3.63, 3.8) is 0 Å². The van der Waals surface area contributed by atoms with Gasteiger partial charge in [-0.05, 0) is 30.3 Å². The van der Waals surface area contributed by atoms with E-state index in [0.29, 0.717) is 5.56 Å². The molecule has 7 heteroatoms. The van der Waals surface area contributed by atoms with Crippen molar-refractivity contribution in [2.45, 2.75) is 0 Å². The van der Waals surface area contributed by atoms with Gasteiger partial charge in [0.1, 0.15) is 0 Å². The number of benzene rings is 2. The SMILES string of the molecule is O=C(NO)c1ccc(C(=O)N/N=C/c2ccccc2Br)cc1. The lowest BCUT2D eigenvalue weighted by Crippen LogP contribution is -2.20. The number of hydrogen-bond donors (Lipinski definition) is 3. The smallest absolute Gasteiger partial charge is 0.274 e. The Morgan fingerprint density at radius 1 is 1.00 bits per heavy atom. The molecule has 0 radical (unpaired) electrons. The number of rotatable bonds is 4. The Hall–Kier alpha value is -2.51. The average Bonchev–Trinajstić information content (AvgIpc) is 2.56. The minimum atomic E-state index is -0.640. The molecule has 0 saturated heterocycles. The van der Waals surface area contributed by atoms with Crippen LogP contribution in [-0.4, -0.2) is 23.2 Å². The molecule has 0 saturated carbocycles. The first kappa shape index (κ1) is 15.9. The molecular formula is C15H12BrN3O3. The van der Waals surface area contributed by atoms with Crippen LogP contribution in [0.1, 0.15) is 26.3 Å². The van der Waals surface area contributed by atoms with Crippen LogP contribution in [0.2, 0.25) is 0 Å². The molecule has 6 nitrogen and oxygen atoms in total. The molecule has 2 aromatic carbocycles. The van der Waals surface area contributed by atoms with Gasteiger partial charge >= 0.3 is 0 Å². The Morgan fingerprint density at radius 3 is 2.18 bits per heavy atom. The van der Waals surface area contributed by atoms with E-state index < -0.39 is 11.8 Å². The molecule has 2 amide bonds. The van der Waals surface area contributed by atoms with Crippen molar-refractivity contribution >= 4 is 34.0 Å². The van der Waals surface area contributed by atoms with Crippen molar-refractivity contribution in [1.82, 2.24) is 10.9 Å². The second kappa shape index (κ2) is 7.48. The average molecular weight is 362 g/mol. The fraction of sp³-hybridized carbons (Fsp3) is 0. The lowest BCUT2D eigenvalue weighted by molar-refractivity contribution is 0.0706. The number of halogens is 1. The Kier molecular flexibility index (Phi) is 5.40. The molecule has 2 aromatic rings. The molecule has 2 rings (SSSR count). The van der Waals surface area contributed by atoms with Crippen molar-refractivity contribution in [3.05, 3.63) is 69.7 Å². The summed E-state index contributed by atoms with van der Waals surface area (Å²) in [6, 6.07) is 13.2. The Morgan fingerprint density at radius 2 is 1.59 bits per heavy atom. The summed E-state index contributed by atoms with van der Waals surface area (Å²) in [4.78, 5) is 23.0. The van der Waals surface area contributed by atoms with Gasteiger partial charge in [0, 0.05) is 21.2 Å². The number of hydrogen-bond acceptors (Lipinski definition) is 4. The molecule has 0 heterocycles. The summed E-state index contributed by atoms with van der Waals surface area (Å²) in [5, 5.41) is 12.4. The lowest BCUT2D eigenvalue weighted by atomic mass is 10.1. The van der Waals surface area contributed by atoms with E-state index in [1.54, 1.807) is 0 Å². The number of carbonyl (C=O) groups is 2. The Labute approximate surface area is 134 Å². The van der Waals surface area contributed by atoms with Crippen molar-refractivity contribution in [2.24, 2.45) is 5.10 Å². The van der Waals surface area contributed by atoms with Crippen LogP contribution in [0.4, 0.5) is 0 Å². The topological polar surface area (TPSA) is 90.8 Å². The van der Waals surface area contributed by atoms with Crippen molar-refractivity contribution in [2.75, 3.05) is 0 Å². The maximum Gasteiger partial charge on any atom is 0.274 e. The summed E-state index contributed by atoms with van der Waals surface area (Å²) in [6.45, 7) is 0. The number of amides is 2. The predicted molar refractivity (Wildman–Crippen MR) is 84.9 cm³/mol. The predicted octanol–water partition coefficient (Wildman–Crippen LogP) is 2.33. The van der Waals surface area contributed by atoms with E-state index in [1.807, 2.05) is 24.3 Å². The summed E-state index contributed by atoms with van der Waals surface area (Å²) in [5.41, 5.74) is 5.34. The third-order valence-corrected chi connectivity index (χ3v) is 3.51. The highest BCUT2D eigenvalue weighted by Gasteiger charge is 2.07. The van der Waals surface area contributed by atoms with Gasteiger partial charge in [-0.2, -0.15) is 5.10 Å². The third kappa shape index (κ3) is 4.00. The maximum absolute atomic E-state index is 11.9. The monoisotopic (exact) mass is 361 g/mol. The van der Waals surface area contributed by atoms with Crippen molar-refractivity contribution in [1.29, 1.82) is 0 Å². The van der Waals surface area contributed by atoms with Crippen LogP contribution in [0.15, 0.2) is 58.1 Å². The van der Waals surface area contributed by atoms with Gasteiger partial charge in [-0.3, -0.25) is 14.8 Å². The summed E-state index contributed by atoms with van der Waals surface area (Å²) in [6.07, 6.45) is 1.52. The minimum absolute atomic E-state index is 0.246. The van der Waals surface area contributed by atoms with E-state index >= 15 is 0 Å². The lowest BCUT2D eigenvalue weighted by Gasteiger charge is -2.02. The normalized spacial score (nSPS) is 10.5. The highest BCUT2D eigenvalue weighted by molar-refractivity contribution is 9.10. The second-order valence-corrected chi connectivity index (χ2v) is 5.09. The van der Waals surface area contributed by atoms with E-state index in [1.165, 1.54) is 36.0 Å². The highest BCUT2D eigenvalue weighted by atomic mass is 79.9. The van der Waals surface area contributed by atoms with Crippen LogP contribution >= 0.6 is 15.9 Å². The molecule has 0 bridgehead atoms. The van der Waals surface area contributed by atoms with Crippen LogP contribution in [0.3, 0.4) is 0 Å². The summed E-state index contributed by atoms with van der Waals surface area (Å²) in [5.74, 6) is -1.04. The summed E-state index contributed by atoms with van der Waals surface area (Å²) >= 11 is 3.37. The maximum atomic E-state index is 11.9. The van der Waals surface area contributed by atoms with Gasteiger partial charge in [0.25, 0.3) is 11.8 Å². The number of carbonyl (C=O) groups excluding carboxylic acids is 2. The first-order valence-electron chi connectivity index (χ1n) is 6.24. The molecule has 0 aliphatic rings. The molecule has 0 aromatic heterocycles. The minimum Gasteiger partial charge on any atom is -0.288 e. The van der Waals surface area contributed by atoms with Crippen molar-refractivity contribution in [3.8, 4) is 0 Å². The van der Waals surface area contributed by atoms with Gasteiger partial charge in [-0.25, -0.2) is 10.9 Å². The molecule has 0 spiro atoms. The zero-order valence-corrected chi connectivity index (χ0v) is 12.9. The quantitative estimate of drug-likeness (QED) is 0.443. The number of nitrogens with one attached hydrogen (secondary N) is 2. The van der Waals surface area contributed by atoms with Crippen LogP contribution in [0.5, 0.6) is 0 Å². The van der Waals surface area contributed by atoms with E-state index in [2.05, 4.69) is 26.5 Å². The van der Waals surface area contributed by atoms with Gasteiger partial charge in [-0.15, -0.1) is 0 Å². The Balaban J connectivity index is 2.01. The molecule has 0 atom stereocenters. The van der Waals surface area contributed by atoms with Crippen LogP contribution in [-0.2, 0) is 0 Å². The van der Waals surface area contributed by atoms with E-state index in [4.69, 9.17) is 5.21 Å². The summed E-state index contributed by atoms with van der Waals surface area (Å²) < 4.78 is 0.868. The van der Waals surface area contributed by atoms with Gasteiger partial charge in [0.05, 0.1) is 6.21 Å². The zero-order valence-electron chi connectivity index (χ0n) is 11.3. The van der Waals surface area contributed by atoms with Crippen molar-refractivity contribution < 1.29 is 14.8 Å². The summed E-state index contributed by atoms with van der Waals surface area (Å²) in [7, 11) is 0. The third-order valence-electron chi connectivity index (χ3n) is 2.79. The van der Waals surface area contributed by atoms with E-state index in [0.717, 1.165) is 10.0 Å². The molecule has 3 N–H and O–H groups in total. The highest BCUT2D eigenvalue weighted by Crippen LogP contribution is 2.13. The van der Waals surface area contributed by atoms with Gasteiger partial charge in [0.15, 0.2) is 0 Å². The number of hydroxylamine groups is 1.